The third kappa shape index (κ3) is 4.15. The molecule has 0 N–H and O–H groups in total. The number of halogens is 2. The summed E-state index contributed by atoms with van der Waals surface area (Å²) < 4.78 is 13.2. The van der Waals surface area contributed by atoms with Gasteiger partial charge in [0, 0.05) is 16.5 Å². The van der Waals surface area contributed by atoms with Crippen molar-refractivity contribution in [3.63, 3.8) is 0 Å². The van der Waals surface area contributed by atoms with Gasteiger partial charge in [0.1, 0.15) is 12.4 Å². The Hall–Kier alpha value is -1.96. The van der Waals surface area contributed by atoms with Gasteiger partial charge in [-0.15, -0.1) is 0 Å². The van der Waals surface area contributed by atoms with Crippen LogP contribution in [-0.4, -0.2) is 10.1 Å². The zero-order chi connectivity index (χ0) is 18.8. The SMILES string of the molecule is Cc1cc(Br)c(OCc2ccc(-c3nc(-c4ccsc4)no3)cc2)c(Br)c1. The summed E-state index contributed by atoms with van der Waals surface area (Å²) in [6.45, 7) is 2.50. The highest BCUT2D eigenvalue weighted by Crippen LogP contribution is 2.35. The van der Waals surface area contributed by atoms with Gasteiger partial charge < -0.3 is 9.26 Å². The largest absolute Gasteiger partial charge is 0.487 e. The van der Waals surface area contributed by atoms with Gasteiger partial charge in [-0.25, -0.2) is 0 Å². The summed E-state index contributed by atoms with van der Waals surface area (Å²) in [5.41, 5.74) is 4.06. The molecule has 0 bridgehead atoms. The van der Waals surface area contributed by atoms with Crippen LogP contribution < -0.4 is 4.74 Å². The zero-order valence-electron chi connectivity index (χ0n) is 14.3. The van der Waals surface area contributed by atoms with E-state index in [9.17, 15) is 0 Å². The molecular weight excluding hydrogens is 492 g/mol. The van der Waals surface area contributed by atoms with E-state index < -0.39 is 0 Å². The summed E-state index contributed by atoms with van der Waals surface area (Å²) in [5.74, 6) is 1.91. The summed E-state index contributed by atoms with van der Waals surface area (Å²) in [6.07, 6.45) is 0. The van der Waals surface area contributed by atoms with E-state index in [0.717, 1.165) is 36.9 Å². The second-order valence-electron chi connectivity index (χ2n) is 5.98. The summed E-state index contributed by atoms with van der Waals surface area (Å²) >= 11 is 8.71. The van der Waals surface area contributed by atoms with Crippen LogP contribution in [0.2, 0.25) is 0 Å². The van der Waals surface area contributed by atoms with Crippen LogP contribution in [0.5, 0.6) is 5.75 Å². The lowest BCUT2D eigenvalue weighted by atomic mass is 10.1. The maximum Gasteiger partial charge on any atom is 0.258 e. The fourth-order valence-corrected chi connectivity index (χ4v) is 4.85. The number of hydrogen-bond acceptors (Lipinski definition) is 5. The van der Waals surface area contributed by atoms with Crippen LogP contribution in [0.15, 0.2) is 66.7 Å². The molecule has 27 heavy (non-hydrogen) atoms. The van der Waals surface area contributed by atoms with Crippen molar-refractivity contribution in [2.45, 2.75) is 13.5 Å². The molecule has 0 saturated heterocycles. The highest BCUT2D eigenvalue weighted by Gasteiger charge is 2.12. The molecule has 2 heterocycles. The summed E-state index contributed by atoms with van der Waals surface area (Å²) in [6, 6.07) is 14.0. The van der Waals surface area contributed by atoms with Gasteiger partial charge in [0.05, 0.1) is 8.95 Å². The number of hydrogen-bond donors (Lipinski definition) is 0. The number of benzene rings is 2. The van der Waals surface area contributed by atoms with E-state index in [1.165, 1.54) is 0 Å². The first kappa shape index (κ1) is 18.4. The monoisotopic (exact) mass is 504 g/mol. The minimum atomic E-state index is 0.463. The van der Waals surface area contributed by atoms with Gasteiger partial charge in [0.2, 0.25) is 5.82 Å². The second-order valence-corrected chi connectivity index (χ2v) is 8.47. The minimum Gasteiger partial charge on any atom is -0.487 e. The average Bonchev–Trinajstić information content (AvgIpc) is 3.33. The number of aryl methyl sites for hydroxylation is 1. The molecule has 0 amide bonds. The van der Waals surface area contributed by atoms with Crippen LogP contribution in [0.1, 0.15) is 11.1 Å². The minimum absolute atomic E-state index is 0.463. The van der Waals surface area contributed by atoms with Crippen molar-refractivity contribution in [1.29, 1.82) is 0 Å². The van der Waals surface area contributed by atoms with Gasteiger partial charge in [-0.05, 0) is 85.6 Å². The number of aromatic nitrogens is 2. The molecule has 0 saturated carbocycles. The third-order valence-corrected chi connectivity index (χ3v) is 5.79. The van der Waals surface area contributed by atoms with E-state index in [2.05, 4.69) is 42.0 Å². The number of ether oxygens (including phenoxy) is 1. The van der Waals surface area contributed by atoms with Crippen LogP contribution in [-0.2, 0) is 6.61 Å². The van der Waals surface area contributed by atoms with Crippen LogP contribution in [0, 0.1) is 6.92 Å². The van der Waals surface area contributed by atoms with Crippen molar-refractivity contribution in [1.82, 2.24) is 10.1 Å². The molecular formula is C20H14Br2N2O2S. The second kappa shape index (κ2) is 7.96. The van der Waals surface area contributed by atoms with E-state index in [-0.39, 0.29) is 0 Å². The van der Waals surface area contributed by atoms with Crippen LogP contribution >= 0.6 is 43.2 Å². The topological polar surface area (TPSA) is 48.2 Å². The maximum absolute atomic E-state index is 5.96. The lowest BCUT2D eigenvalue weighted by Gasteiger charge is -2.11. The molecule has 7 heteroatoms. The molecule has 0 fully saturated rings. The molecule has 0 aliphatic rings. The lowest BCUT2D eigenvalue weighted by Crippen LogP contribution is -1.97. The predicted octanol–water partition coefficient (Wildman–Crippen LogP) is 6.88. The Morgan fingerprint density at radius 1 is 1.04 bits per heavy atom. The van der Waals surface area contributed by atoms with Crippen molar-refractivity contribution in [3.8, 4) is 28.6 Å². The average molecular weight is 506 g/mol. The Labute approximate surface area is 177 Å². The van der Waals surface area contributed by atoms with Crippen molar-refractivity contribution in [2.24, 2.45) is 0 Å². The van der Waals surface area contributed by atoms with Gasteiger partial charge in [0.15, 0.2) is 0 Å². The highest BCUT2D eigenvalue weighted by molar-refractivity contribution is 9.11. The number of nitrogens with zero attached hydrogens (tertiary/aromatic N) is 2. The zero-order valence-corrected chi connectivity index (χ0v) is 18.3. The van der Waals surface area contributed by atoms with Gasteiger partial charge in [-0.3, -0.25) is 0 Å². The van der Waals surface area contributed by atoms with Gasteiger partial charge in [0.25, 0.3) is 5.89 Å². The Bertz CT molecular complexity index is 1040. The van der Waals surface area contributed by atoms with Crippen LogP contribution in [0.3, 0.4) is 0 Å². The van der Waals surface area contributed by atoms with Crippen LogP contribution in [0.25, 0.3) is 22.8 Å². The van der Waals surface area contributed by atoms with E-state index in [1.54, 1.807) is 11.3 Å². The summed E-state index contributed by atoms with van der Waals surface area (Å²) in [4.78, 5) is 4.46. The molecule has 0 radical (unpaired) electrons. The van der Waals surface area contributed by atoms with Crippen molar-refractivity contribution < 1.29 is 9.26 Å². The fraction of sp³-hybridized carbons (Fsp3) is 0.100. The number of rotatable bonds is 5. The highest BCUT2D eigenvalue weighted by atomic mass is 79.9. The summed E-state index contributed by atoms with van der Waals surface area (Å²) in [7, 11) is 0. The molecule has 0 aliphatic heterocycles. The molecule has 4 nitrogen and oxygen atoms in total. The third-order valence-electron chi connectivity index (χ3n) is 3.93. The van der Waals surface area contributed by atoms with Crippen molar-refractivity contribution >= 4 is 43.2 Å². The first-order chi connectivity index (χ1) is 13.1. The first-order valence-electron chi connectivity index (χ1n) is 8.14. The van der Waals surface area contributed by atoms with Gasteiger partial charge >= 0.3 is 0 Å². The van der Waals surface area contributed by atoms with E-state index in [0.29, 0.717) is 18.3 Å². The van der Waals surface area contributed by atoms with E-state index in [4.69, 9.17) is 9.26 Å². The molecule has 4 rings (SSSR count). The fourth-order valence-electron chi connectivity index (χ4n) is 2.57. The van der Waals surface area contributed by atoms with Gasteiger partial charge in [-0.1, -0.05) is 17.3 Å². The smallest absolute Gasteiger partial charge is 0.258 e. The van der Waals surface area contributed by atoms with Crippen LogP contribution in [0.4, 0.5) is 0 Å². The van der Waals surface area contributed by atoms with E-state index in [1.807, 2.05) is 60.1 Å². The molecule has 2 aromatic carbocycles. The first-order valence-corrected chi connectivity index (χ1v) is 10.7. The maximum atomic E-state index is 5.96. The molecule has 0 unspecified atom stereocenters. The molecule has 4 aromatic rings. The Balaban J connectivity index is 1.47. The predicted molar refractivity (Wildman–Crippen MR) is 114 cm³/mol. The molecule has 0 aliphatic carbocycles. The lowest BCUT2D eigenvalue weighted by molar-refractivity contribution is 0.302. The normalized spacial score (nSPS) is 10.9. The Morgan fingerprint density at radius 3 is 2.44 bits per heavy atom. The van der Waals surface area contributed by atoms with E-state index >= 15 is 0 Å². The molecule has 136 valence electrons. The molecule has 0 atom stereocenters. The Morgan fingerprint density at radius 2 is 1.78 bits per heavy atom. The Kier molecular flexibility index (Phi) is 5.43. The van der Waals surface area contributed by atoms with Crippen molar-refractivity contribution in [3.05, 3.63) is 73.3 Å². The van der Waals surface area contributed by atoms with Crippen molar-refractivity contribution in [2.75, 3.05) is 0 Å². The van der Waals surface area contributed by atoms with Gasteiger partial charge in [-0.2, -0.15) is 16.3 Å². The number of thiophene rings is 1. The molecule has 2 aromatic heterocycles. The quantitative estimate of drug-likeness (QED) is 0.296. The summed E-state index contributed by atoms with van der Waals surface area (Å²) in [5, 5.41) is 8.03. The standard InChI is InChI=1S/C20H14Br2N2O2S/c1-12-8-16(21)18(17(22)9-12)25-10-13-2-4-14(5-3-13)20-23-19(24-26-20)15-6-7-27-11-15/h2-9,11H,10H2,1H3. The molecule has 0 spiro atoms.